The van der Waals surface area contributed by atoms with E-state index in [0.29, 0.717) is 16.2 Å². The van der Waals surface area contributed by atoms with Crippen molar-refractivity contribution in [2.24, 2.45) is 0 Å². The Labute approximate surface area is 115 Å². The Balaban J connectivity index is 2.61. The zero-order valence-corrected chi connectivity index (χ0v) is 12.0. The minimum Gasteiger partial charge on any atom is -0.300 e. The fourth-order valence-corrected chi connectivity index (χ4v) is 2.06. The van der Waals surface area contributed by atoms with E-state index in [1.165, 1.54) is 0 Å². The summed E-state index contributed by atoms with van der Waals surface area (Å²) in [7, 11) is 0. The maximum absolute atomic E-state index is 11.9. The van der Waals surface area contributed by atoms with Crippen LogP contribution >= 0.6 is 12.2 Å². The number of hydrogen-bond acceptors (Lipinski definition) is 4. The SMILES string of the molecule is CCCn1c(-c2cc(C(C)C)n[nH]c2=O)n[nH]c1=S. The van der Waals surface area contributed by atoms with Gasteiger partial charge in [0.2, 0.25) is 0 Å². The number of nitrogens with zero attached hydrogens (tertiary/aromatic N) is 3. The van der Waals surface area contributed by atoms with Gasteiger partial charge in [0.25, 0.3) is 5.56 Å². The summed E-state index contributed by atoms with van der Waals surface area (Å²) in [4.78, 5) is 11.9. The molecule has 0 aliphatic carbocycles. The first-order valence-electron chi connectivity index (χ1n) is 6.29. The van der Waals surface area contributed by atoms with Gasteiger partial charge >= 0.3 is 0 Å². The lowest BCUT2D eigenvalue weighted by Crippen LogP contribution is -2.15. The van der Waals surface area contributed by atoms with Crippen molar-refractivity contribution in [3.63, 3.8) is 0 Å². The molecular weight excluding hydrogens is 262 g/mol. The summed E-state index contributed by atoms with van der Waals surface area (Å²) in [6, 6.07) is 1.78. The van der Waals surface area contributed by atoms with E-state index in [2.05, 4.69) is 27.3 Å². The monoisotopic (exact) mass is 279 g/mol. The first-order chi connectivity index (χ1) is 9.04. The molecule has 2 rings (SSSR count). The van der Waals surface area contributed by atoms with Crippen molar-refractivity contribution in [2.75, 3.05) is 0 Å². The van der Waals surface area contributed by atoms with Crippen LogP contribution in [0.2, 0.25) is 0 Å². The number of aromatic nitrogens is 5. The highest BCUT2D eigenvalue weighted by Gasteiger charge is 2.14. The number of nitrogens with one attached hydrogen (secondary N) is 2. The highest BCUT2D eigenvalue weighted by atomic mass is 32.1. The van der Waals surface area contributed by atoms with Gasteiger partial charge in [-0.1, -0.05) is 20.8 Å². The maximum atomic E-state index is 11.9. The van der Waals surface area contributed by atoms with E-state index in [1.807, 2.05) is 18.4 Å². The van der Waals surface area contributed by atoms with E-state index < -0.39 is 0 Å². The third-order valence-electron chi connectivity index (χ3n) is 2.86. The van der Waals surface area contributed by atoms with Crippen LogP contribution in [0.25, 0.3) is 11.4 Å². The number of rotatable bonds is 4. The van der Waals surface area contributed by atoms with Crippen LogP contribution in [0.1, 0.15) is 38.8 Å². The largest absolute Gasteiger partial charge is 0.300 e. The minimum atomic E-state index is -0.254. The molecule has 2 aromatic rings. The molecule has 6 nitrogen and oxygen atoms in total. The second-order valence-corrected chi connectivity index (χ2v) is 5.08. The summed E-state index contributed by atoms with van der Waals surface area (Å²) in [5.74, 6) is 0.800. The molecule has 0 atom stereocenters. The molecule has 7 heteroatoms. The maximum Gasteiger partial charge on any atom is 0.275 e. The third-order valence-corrected chi connectivity index (χ3v) is 3.17. The summed E-state index contributed by atoms with van der Waals surface area (Å²) in [5.41, 5.74) is 1.07. The smallest absolute Gasteiger partial charge is 0.275 e. The number of H-pyrrole nitrogens is 2. The van der Waals surface area contributed by atoms with Gasteiger partial charge in [-0.2, -0.15) is 10.2 Å². The Bertz CT molecular complexity index is 682. The summed E-state index contributed by atoms with van der Waals surface area (Å²) in [6.07, 6.45) is 0.918. The number of aromatic amines is 2. The topological polar surface area (TPSA) is 79.4 Å². The van der Waals surface area contributed by atoms with Crippen molar-refractivity contribution in [3.8, 4) is 11.4 Å². The molecule has 0 radical (unpaired) electrons. The second kappa shape index (κ2) is 5.48. The van der Waals surface area contributed by atoms with Crippen LogP contribution in [0, 0.1) is 4.77 Å². The molecule has 2 N–H and O–H groups in total. The Hall–Kier alpha value is -1.76. The molecule has 0 fully saturated rings. The van der Waals surface area contributed by atoms with Crippen LogP contribution in [0.5, 0.6) is 0 Å². The van der Waals surface area contributed by atoms with Crippen LogP contribution in [-0.2, 0) is 6.54 Å². The summed E-state index contributed by atoms with van der Waals surface area (Å²) in [5, 5.41) is 13.5. The molecule has 0 saturated carbocycles. The quantitative estimate of drug-likeness (QED) is 0.841. The van der Waals surface area contributed by atoms with E-state index in [4.69, 9.17) is 12.2 Å². The molecule has 102 valence electrons. The van der Waals surface area contributed by atoms with E-state index in [0.717, 1.165) is 18.7 Å². The Kier molecular flexibility index (Phi) is 3.94. The van der Waals surface area contributed by atoms with Crippen LogP contribution in [0.15, 0.2) is 10.9 Å². The van der Waals surface area contributed by atoms with E-state index >= 15 is 0 Å². The molecular formula is C12H17N5OS. The Morgan fingerprint density at radius 3 is 2.74 bits per heavy atom. The van der Waals surface area contributed by atoms with Crippen molar-refractivity contribution >= 4 is 12.2 Å². The lowest BCUT2D eigenvalue weighted by molar-refractivity contribution is 0.673. The molecule has 0 aromatic carbocycles. The van der Waals surface area contributed by atoms with Gasteiger partial charge in [-0.05, 0) is 30.6 Å². The standard InChI is InChI=1S/C12H17N5OS/c1-4-5-17-10(14-16-12(17)19)8-6-9(7(2)3)13-15-11(8)18/h6-7H,4-5H2,1-3H3,(H,15,18)(H,16,19). The second-order valence-electron chi connectivity index (χ2n) is 4.69. The molecule has 2 heterocycles. The summed E-state index contributed by atoms with van der Waals surface area (Å²) in [6.45, 7) is 6.82. The molecule has 2 aromatic heterocycles. The normalized spacial score (nSPS) is 11.2. The Morgan fingerprint density at radius 2 is 2.11 bits per heavy atom. The van der Waals surface area contributed by atoms with Crippen molar-refractivity contribution < 1.29 is 0 Å². The zero-order chi connectivity index (χ0) is 14.0. The van der Waals surface area contributed by atoms with Crippen molar-refractivity contribution in [3.05, 3.63) is 26.9 Å². The molecule has 0 spiro atoms. The van der Waals surface area contributed by atoms with Gasteiger partial charge < -0.3 is 4.57 Å². The van der Waals surface area contributed by atoms with Crippen molar-refractivity contribution in [2.45, 2.75) is 39.7 Å². The van der Waals surface area contributed by atoms with Gasteiger partial charge in [-0.3, -0.25) is 9.89 Å². The van der Waals surface area contributed by atoms with Crippen molar-refractivity contribution in [1.82, 2.24) is 25.0 Å². The highest BCUT2D eigenvalue weighted by molar-refractivity contribution is 7.71. The van der Waals surface area contributed by atoms with E-state index in [1.54, 1.807) is 6.07 Å². The van der Waals surface area contributed by atoms with Gasteiger partial charge in [0, 0.05) is 6.54 Å². The first-order valence-corrected chi connectivity index (χ1v) is 6.70. The predicted molar refractivity (Wildman–Crippen MR) is 75.6 cm³/mol. The van der Waals surface area contributed by atoms with Gasteiger partial charge in [-0.15, -0.1) is 0 Å². The third kappa shape index (κ3) is 2.65. The average molecular weight is 279 g/mol. The highest BCUT2D eigenvalue weighted by Crippen LogP contribution is 2.17. The molecule has 0 aliphatic rings. The van der Waals surface area contributed by atoms with Gasteiger partial charge in [0.15, 0.2) is 10.6 Å². The van der Waals surface area contributed by atoms with Crippen LogP contribution in [-0.4, -0.2) is 25.0 Å². The molecule has 0 unspecified atom stereocenters. The van der Waals surface area contributed by atoms with Crippen LogP contribution < -0.4 is 5.56 Å². The molecule has 0 saturated heterocycles. The summed E-state index contributed by atoms with van der Waals surface area (Å²) >= 11 is 5.18. The summed E-state index contributed by atoms with van der Waals surface area (Å²) < 4.78 is 2.36. The fourth-order valence-electron chi connectivity index (χ4n) is 1.84. The minimum absolute atomic E-state index is 0.233. The van der Waals surface area contributed by atoms with Crippen LogP contribution in [0.3, 0.4) is 0 Å². The zero-order valence-electron chi connectivity index (χ0n) is 11.2. The average Bonchev–Trinajstić information content (AvgIpc) is 2.72. The predicted octanol–water partition coefficient (Wildman–Crippen LogP) is 2.22. The molecule has 0 amide bonds. The van der Waals surface area contributed by atoms with E-state index in [-0.39, 0.29) is 11.5 Å². The van der Waals surface area contributed by atoms with Crippen molar-refractivity contribution in [1.29, 1.82) is 0 Å². The lowest BCUT2D eigenvalue weighted by Gasteiger charge is -2.07. The molecule has 0 aliphatic heterocycles. The first kappa shape index (κ1) is 13.7. The van der Waals surface area contributed by atoms with Gasteiger partial charge in [0.1, 0.15) is 0 Å². The van der Waals surface area contributed by atoms with Gasteiger partial charge in [0.05, 0.1) is 11.3 Å². The number of hydrogen-bond donors (Lipinski definition) is 2. The van der Waals surface area contributed by atoms with Gasteiger partial charge in [-0.25, -0.2) is 5.10 Å². The fraction of sp³-hybridized carbons (Fsp3) is 0.500. The molecule has 19 heavy (non-hydrogen) atoms. The van der Waals surface area contributed by atoms with E-state index in [9.17, 15) is 4.79 Å². The lowest BCUT2D eigenvalue weighted by atomic mass is 10.1. The molecule has 0 bridgehead atoms. The Morgan fingerprint density at radius 1 is 1.37 bits per heavy atom. The van der Waals surface area contributed by atoms with Crippen LogP contribution in [0.4, 0.5) is 0 Å².